The minimum atomic E-state index is -6.38. The van der Waals surface area contributed by atoms with Crippen LogP contribution in [0.4, 0.5) is 30.7 Å². The van der Waals surface area contributed by atoms with Gasteiger partial charge in [0.1, 0.15) is 0 Å². The first-order valence-corrected chi connectivity index (χ1v) is 5.54. The Morgan fingerprint density at radius 2 is 1.40 bits per heavy atom. The lowest BCUT2D eigenvalue weighted by atomic mass is 9.86. The van der Waals surface area contributed by atoms with Crippen LogP contribution >= 0.6 is 0 Å². The van der Waals surface area contributed by atoms with Gasteiger partial charge >= 0.3 is 18.0 Å². The molecular weight excluding hydrogens is 293 g/mol. The van der Waals surface area contributed by atoms with Gasteiger partial charge < -0.3 is 5.11 Å². The molecule has 0 aliphatic rings. The predicted octanol–water partition coefficient (Wildman–Crippen LogP) is 3.99. The molecule has 1 rings (SSSR count). The van der Waals surface area contributed by atoms with Gasteiger partial charge in [-0.3, -0.25) is 0 Å². The van der Waals surface area contributed by atoms with Crippen molar-refractivity contribution in [3.05, 3.63) is 35.9 Å². The SMILES string of the molecule is OCCC(c1ccccc1)C(F)(F)C(F)(F)C(F)(F)F. The highest BCUT2D eigenvalue weighted by Crippen LogP contribution is 2.53. The second kappa shape index (κ2) is 5.59. The molecule has 1 unspecified atom stereocenters. The van der Waals surface area contributed by atoms with Gasteiger partial charge in [-0.25, -0.2) is 0 Å². The molecule has 0 radical (unpaired) electrons. The lowest BCUT2D eigenvalue weighted by Gasteiger charge is -2.34. The fourth-order valence-corrected chi connectivity index (χ4v) is 1.78. The second-order valence-corrected chi connectivity index (χ2v) is 4.17. The lowest BCUT2D eigenvalue weighted by molar-refractivity contribution is -0.360. The van der Waals surface area contributed by atoms with Crippen molar-refractivity contribution in [2.75, 3.05) is 6.61 Å². The Morgan fingerprint density at radius 3 is 1.80 bits per heavy atom. The van der Waals surface area contributed by atoms with Gasteiger partial charge in [-0.05, 0) is 12.0 Å². The normalized spacial score (nSPS) is 15.2. The number of hydrogen-bond acceptors (Lipinski definition) is 1. The second-order valence-electron chi connectivity index (χ2n) is 4.17. The molecule has 20 heavy (non-hydrogen) atoms. The van der Waals surface area contributed by atoms with E-state index in [2.05, 4.69) is 0 Å². The molecular formula is C12H11F7O. The summed E-state index contributed by atoms with van der Waals surface area (Å²) in [7, 11) is 0. The van der Waals surface area contributed by atoms with Crippen LogP contribution in [0.5, 0.6) is 0 Å². The molecule has 1 N–H and O–H groups in total. The van der Waals surface area contributed by atoms with E-state index in [-0.39, 0.29) is 0 Å². The monoisotopic (exact) mass is 304 g/mol. The molecule has 1 nitrogen and oxygen atoms in total. The molecule has 0 aliphatic carbocycles. The van der Waals surface area contributed by atoms with Crippen LogP contribution < -0.4 is 0 Å². The molecule has 0 spiro atoms. The first kappa shape index (κ1) is 16.7. The standard InChI is InChI=1S/C12H11F7O/c13-10(14,11(15,16)12(17,18)19)9(6-7-20)8-4-2-1-3-5-8/h1-5,9,20H,6-7H2. The predicted molar refractivity (Wildman–Crippen MR) is 56.8 cm³/mol. The number of hydrogen-bond donors (Lipinski definition) is 1. The minimum absolute atomic E-state index is 0.393. The highest BCUT2D eigenvalue weighted by Gasteiger charge is 2.75. The Balaban J connectivity index is 3.26. The minimum Gasteiger partial charge on any atom is -0.396 e. The van der Waals surface area contributed by atoms with Gasteiger partial charge in [-0.15, -0.1) is 0 Å². The number of benzene rings is 1. The first-order chi connectivity index (χ1) is 9.05. The van der Waals surface area contributed by atoms with E-state index in [0.717, 1.165) is 12.1 Å². The van der Waals surface area contributed by atoms with E-state index >= 15 is 0 Å². The van der Waals surface area contributed by atoms with Crippen molar-refractivity contribution < 1.29 is 35.8 Å². The average molecular weight is 304 g/mol. The van der Waals surface area contributed by atoms with Crippen LogP contribution in [-0.4, -0.2) is 29.7 Å². The zero-order valence-corrected chi connectivity index (χ0v) is 9.97. The largest absolute Gasteiger partial charge is 0.459 e. The van der Waals surface area contributed by atoms with Crippen molar-refractivity contribution in [1.29, 1.82) is 0 Å². The third-order valence-corrected chi connectivity index (χ3v) is 2.83. The summed E-state index contributed by atoms with van der Waals surface area (Å²) in [6.07, 6.45) is -7.29. The van der Waals surface area contributed by atoms with Crippen molar-refractivity contribution >= 4 is 0 Å². The van der Waals surface area contributed by atoms with E-state index in [4.69, 9.17) is 5.11 Å². The molecule has 0 saturated heterocycles. The van der Waals surface area contributed by atoms with Crippen LogP contribution in [0.1, 0.15) is 17.9 Å². The van der Waals surface area contributed by atoms with Crippen molar-refractivity contribution in [2.24, 2.45) is 0 Å². The summed E-state index contributed by atoms with van der Waals surface area (Å²) in [4.78, 5) is 0. The maximum absolute atomic E-state index is 13.7. The first-order valence-electron chi connectivity index (χ1n) is 5.54. The smallest absolute Gasteiger partial charge is 0.396 e. The Hall–Kier alpha value is -1.31. The Morgan fingerprint density at radius 1 is 0.900 bits per heavy atom. The van der Waals surface area contributed by atoms with Gasteiger partial charge in [0, 0.05) is 6.61 Å². The molecule has 1 aromatic rings. The fourth-order valence-electron chi connectivity index (χ4n) is 1.78. The molecule has 0 amide bonds. The quantitative estimate of drug-likeness (QED) is 0.816. The molecule has 0 bridgehead atoms. The number of rotatable bonds is 5. The Kier molecular flexibility index (Phi) is 4.68. The molecule has 0 aliphatic heterocycles. The van der Waals surface area contributed by atoms with Crippen molar-refractivity contribution in [2.45, 2.75) is 30.4 Å². The van der Waals surface area contributed by atoms with E-state index in [0.29, 0.717) is 0 Å². The van der Waals surface area contributed by atoms with Gasteiger partial charge in [0.15, 0.2) is 0 Å². The third kappa shape index (κ3) is 2.89. The summed E-state index contributed by atoms with van der Waals surface area (Å²) in [6, 6.07) is 5.91. The molecule has 114 valence electrons. The van der Waals surface area contributed by atoms with Crippen LogP contribution in [-0.2, 0) is 0 Å². The van der Waals surface area contributed by atoms with Gasteiger partial charge in [0.25, 0.3) is 0 Å². The van der Waals surface area contributed by atoms with Crippen LogP contribution in [0, 0.1) is 0 Å². The summed E-state index contributed by atoms with van der Waals surface area (Å²) in [5.41, 5.74) is -0.393. The van der Waals surface area contributed by atoms with E-state index in [1.54, 1.807) is 0 Å². The number of aliphatic hydroxyl groups is 1. The molecule has 0 heterocycles. The molecule has 8 heteroatoms. The van der Waals surface area contributed by atoms with E-state index < -0.39 is 42.5 Å². The van der Waals surface area contributed by atoms with Crippen LogP contribution in [0.2, 0.25) is 0 Å². The van der Waals surface area contributed by atoms with Gasteiger partial charge in [0.2, 0.25) is 0 Å². The lowest BCUT2D eigenvalue weighted by Crippen LogP contribution is -2.55. The summed E-state index contributed by atoms with van der Waals surface area (Å²) in [6.45, 7) is -0.941. The zero-order valence-electron chi connectivity index (χ0n) is 9.97. The summed E-state index contributed by atoms with van der Waals surface area (Å²) in [5, 5.41) is 8.67. The molecule has 0 aromatic heterocycles. The maximum atomic E-state index is 13.7. The van der Waals surface area contributed by atoms with Crippen LogP contribution in [0.15, 0.2) is 30.3 Å². The van der Waals surface area contributed by atoms with Crippen LogP contribution in [0.25, 0.3) is 0 Å². The molecule has 1 aromatic carbocycles. The topological polar surface area (TPSA) is 20.2 Å². The zero-order chi connectivity index (χ0) is 15.6. The Bertz CT molecular complexity index is 427. The number of aliphatic hydroxyl groups excluding tert-OH is 1. The van der Waals surface area contributed by atoms with E-state index in [1.807, 2.05) is 0 Å². The van der Waals surface area contributed by atoms with E-state index in [9.17, 15) is 30.7 Å². The molecule has 0 saturated carbocycles. The molecule has 0 fully saturated rings. The fraction of sp³-hybridized carbons (Fsp3) is 0.500. The summed E-state index contributed by atoms with van der Waals surface area (Å²) < 4.78 is 89.8. The average Bonchev–Trinajstić information content (AvgIpc) is 2.35. The van der Waals surface area contributed by atoms with Crippen LogP contribution in [0.3, 0.4) is 0 Å². The molecule has 1 atom stereocenters. The number of alkyl halides is 7. The van der Waals surface area contributed by atoms with E-state index in [1.165, 1.54) is 18.2 Å². The third-order valence-electron chi connectivity index (χ3n) is 2.83. The summed E-state index contributed by atoms with van der Waals surface area (Å²) >= 11 is 0. The van der Waals surface area contributed by atoms with Crippen molar-refractivity contribution in [3.63, 3.8) is 0 Å². The van der Waals surface area contributed by atoms with Gasteiger partial charge in [-0.1, -0.05) is 30.3 Å². The number of halogens is 7. The van der Waals surface area contributed by atoms with Crippen molar-refractivity contribution in [3.8, 4) is 0 Å². The van der Waals surface area contributed by atoms with Crippen molar-refractivity contribution in [1.82, 2.24) is 0 Å². The highest BCUT2D eigenvalue weighted by molar-refractivity contribution is 5.23. The van der Waals surface area contributed by atoms with Gasteiger partial charge in [-0.2, -0.15) is 30.7 Å². The summed E-state index contributed by atoms with van der Waals surface area (Å²) in [5.74, 6) is -14.0. The van der Waals surface area contributed by atoms with Gasteiger partial charge in [0.05, 0.1) is 5.92 Å². The highest BCUT2D eigenvalue weighted by atomic mass is 19.4. The Labute approximate surface area is 110 Å². The maximum Gasteiger partial charge on any atom is 0.459 e.